The van der Waals surface area contributed by atoms with Crippen LogP contribution >= 0.6 is 11.6 Å². The Morgan fingerprint density at radius 2 is 2.00 bits per heavy atom. The zero-order valence-electron chi connectivity index (χ0n) is 10.4. The Morgan fingerprint density at radius 1 is 1.32 bits per heavy atom. The smallest absolute Gasteiger partial charge is 0.220 e. The molecule has 4 nitrogen and oxygen atoms in total. The van der Waals surface area contributed by atoms with Gasteiger partial charge in [0.15, 0.2) is 9.84 Å². The van der Waals surface area contributed by atoms with E-state index >= 15 is 0 Å². The minimum absolute atomic E-state index is 0.0322. The molecule has 19 heavy (non-hydrogen) atoms. The standard InChI is InChI=1S/C13H16ClNO3S/c14-12-3-1-10(2-4-12)8-15-13(16)7-11-5-6-19(17,18)9-11/h1-4,11H,5-9H2,(H,15,16)/t11-/m0/s1. The molecule has 0 spiro atoms. The quantitative estimate of drug-likeness (QED) is 0.922. The van der Waals surface area contributed by atoms with Gasteiger partial charge in [-0.2, -0.15) is 0 Å². The molecule has 0 unspecified atom stereocenters. The minimum Gasteiger partial charge on any atom is -0.352 e. The SMILES string of the molecule is O=C(C[C@@H]1CCS(=O)(=O)C1)NCc1ccc(Cl)cc1. The predicted molar refractivity (Wildman–Crippen MR) is 74.7 cm³/mol. The average Bonchev–Trinajstić information content (AvgIpc) is 2.68. The van der Waals surface area contributed by atoms with Gasteiger partial charge in [-0.15, -0.1) is 0 Å². The number of carbonyl (C=O) groups is 1. The van der Waals surface area contributed by atoms with E-state index in [1.165, 1.54) is 0 Å². The van der Waals surface area contributed by atoms with E-state index in [0.29, 0.717) is 18.0 Å². The highest BCUT2D eigenvalue weighted by molar-refractivity contribution is 7.91. The second-order valence-electron chi connectivity index (χ2n) is 4.88. The number of rotatable bonds is 4. The summed E-state index contributed by atoms with van der Waals surface area (Å²) in [6.07, 6.45) is 0.878. The summed E-state index contributed by atoms with van der Waals surface area (Å²) in [6.45, 7) is 0.440. The topological polar surface area (TPSA) is 63.2 Å². The Morgan fingerprint density at radius 3 is 2.58 bits per heavy atom. The second-order valence-corrected chi connectivity index (χ2v) is 7.54. The van der Waals surface area contributed by atoms with Crippen LogP contribution < -0.4 is 5.32 Å². The Balaban J connectivity index is 1.77. The van der Waals surface area contributed by atoms with Crippen LogP contribution in [0.4, 0.5) is 0 Å². The summed E-state index contributed by atoms with van der Waals surface area (Å²) >= 11 is 5.77. The number of amides is 1. The lowest BCUT2D eigenvalue weighted by atomic mass is 10.1. The molecule has 0 saturated carbocycles. The zero-order valence-corrected chi connectivity index (χ0v) is 12.0. The lowest BCUT2D eigenvalue weighted by Gasteiger charge is -2.08. The maximum absolute atomic E-state index is 11.7. The highest BCUT2D eigenvalue weighted by atomic mass is 35.5. The van der Waals surface area contributed by atoms with Crippen LogP contribution in [0.3, 0.4) is 0 Å². The van der Waals surface area contributed by atoms with Gasteiger partial charge in [-0.1, -0.05) is 23.7 Å². The average molecular weight is 302 g/mol. The van der Waals surface area contributed by atoms with Crippen LogP contribution in [0.5, 0.6) is 0 Å². The molecular formula is C13H16ClNO3S. The summed E-state index contributed by atoms with van der Waals surface area (Å²) < 4.78 is 22.6. The molecule has 2 rings (SSSR count). The lowest BCUT2D eigenvalue weighted by molar-refractivity contribution is -0.122. The molecule has 1 aromatic carbocycles. The Bertz CT molecular complexity index is 554. The molecule has 1 atom stereocenters. The molecule has 0 radical (unpaired) electrons. The Hall–Kier alpha value is -1.07. The van der Waals surface area contributed by atoms with E-state index < -0.39 is 9.84 Å². The maximum atomic E-state index is 11.7. The molecule has 0 aromatic heterocycles. The summed E-state index contributed by atoms with van der Waals surface area (Å²) in [7, 11) is -2.91. The highest BCUT2D eigenvalue weighted by Crippen LogP contribution is 2.21. The third kappa shape index (κ3) is 4.51. The third-order valence-electron chi connectivity index (χ3n) is 3.20. The van der Waals surface area contributed by atoms with Crippen molar-refractivity contribution in [3.8, 4) is 0 Å². The van der Waals surface area contributed by atoms with Crippen molar-refractivity contribution in [1.82, 2.24) is 5.32 Å². The molecule has 104 valence electrons. The number of benzene rings is 1. The number of nitrogens with one attached hydrogen (secondary N) is 1. The van der Waals surface area contributed by atoms with Crippen molar-refractivity contribution in [3.63, 3.8) is 0 Å². The molecule has 1 amide bonds. The van der Waals surface area contributed by atoms with Gasteiger partial charge in [0.05, 0.1) is 11.5 Å². The Labute approximate surface area is 118 Å². The summed E-state index contributed by atoms with van der Waals surface area (Å²) in [5.41, 5.74) is 0.969. The first-order valence-corrected chi connectivity index (χ1v) is 8.36. The van der Waals surface area contributed by atoms with Crippen LogP contribution in [0.2, 0.25) is 5.02 Å². The number of sulfone groups is 1. The van der Waals surface area contributed by atoms with Gasteiger partial charge in [0.25, 0.3) is 0 Å². The van der Waals surface area contributed by atoms with Crippen molar-refractivity contribution >= 4 is 27.3 Å². The maximum Gasteiger partial charge on any atom is 0.220 e. The van der Waals surface area contributed by atoms with Gasteiger partial charge in [0.2, 0.25) is 5.91 Å². The molecule has 1 heterocycles. The van der Waals surface area contributed by atoms with E-state index in [0.717, 1.165) is 5.56 Å². The molecule has 1 N–H and O–H groups in total. The molecule has 6 heteroatoms. The van der Waals surface area contributed by atoms with E-state index in [9.17, 15) is 13.2 Å². The van der Waals surface area contributed by atoms with Crippen molar-refractivity contribution < 1.29 is 13.2 Å². The van der Waals surface area contributed by atoms with Gasteiger partial charge < -0.3 is 5.32 Å². The molecule has 0 aliphatic carbocycles. The first kappa shape index (κ1) is 14.3. The van der Waals surface area contributed by atoms with Crippen molar-refractivity contribution in [2.75, 3.05) is 11.5 Å². The molecule has 1 aromatic rings. The van der Waals surface area contributed by atoms with Gasteiger partial charge in [0.1, 0.15) is 0 Å². The van der Waals surface area contributed by atoms with Crippen molar-refractivity contribution in [2.45, 2.75) is 19.4 Å². The van der Waals surface area contributed by atoms with E-state index in [4.69, 9.17) is 11.6 Å². The third-order valence-corrected chi connectivity index (χ3v) is 5.29. The largest absolute Gasteiger partial charge is 0.352 e. The number of hydrogen-bond donors (Lipinski definition) is 1. The molecule has 0 bridgehead atoms. The fraction of sp³-hybridized carbons (Fsp3) is 0.462. The molecular weight excluding hydrogens is 286 g/mol. The minimum atomic E-state index is -2.91. The van der Waals surface area contributed by atoms with E-state index in [1.807, 2.05) is 12.1 Å². The number of halogens is 1. The van der Waals surface area contributed by atoms with Crippen molar-refractivity contribution in [1.29, 1.82) is 0 Å². The van der Waals surface area contributed by atoms with Crippen LogP contribution in [0.1, 0.15) is 18.4 Å². The molecule has 1 saturated heterocycles. The summed E-state index contributed by atoms with van der Waals surface area (Å²) in [6, 6.07) is 7.24. The second kappa shape index (κ2) is 5.92. The monoisotopic (exact) mass is 301 g/mol. The fourth-order valence-electron chi connectivity index (χ4n) is 2.17. The fourth-order valence-corrected chi connectivity index (χ4v) is 4.16. The summed E-state index contributed by atoms with van der Waals surface area (Å²) in [4.78, 5) is 11.7. The van der Waals surface area contributed by atoms with Gasteiger partial charge in [0, 0.05) is 18.0 Å². The normalized spacial score (nSPS) is 21.2. The van der Waals surface area contributed by atoms with E-state index in [2.05, 4.69) is 5.32 Å². The number of hydrogen-bond acceptors (Lipinski definition) is 3. The zero-order chi connectivity index (χ0) is 13.9. The summed E-state index contributed by atoms with van der Waals surface area (Å²) in [5.74, 6) is 0.219. The van der Waals surface area contributed by atoms with Gasteiger partial charge in [-0.25, -0.2) is 8.42 Å². The van der Waals surface area contributed by atoms with Crippen LogP contribution in [-0.2, 0) is 21.2 Å². The van der Waals surface area contributed by atoms with Crippen molar-refractivity contribution in [2.24, 2.45) is 5.92 Å². The van der Waals surface area contributed by atoms with Crippen LogP contribution in [0, 0.1) is 5.92 Å². The van der Waals surface area contributed by atoms with Gasteiger partial charge in [-0.3, -0.25) is 4.79 Å². The first-order chi connectivity index (χ1) is 8.94. The van der Waals surface area contributed by atoms with E-state index in [1.54, 1.807) is 12.1 Å². The van der Waals surface area contributed by atoms with Crippen LogP contribution in [0.25, 0.3) is 0 Å². The summed E-state index contributed by atoms with van der Waals surface area (Å²) in [5, 5.41) is 3.45. The van der Waals surface area contributed by atoms with E-state index in [-0.39, 0.29) is 29.8 Å². The predicted octanol–water partition coefficient (Wildman–Crippen LogP) is 1.78. The van der Waals surface area contributed by atoms with Crippen LogP contribution in [0.15, 0.2) is 24.3 Å². The van der Waals surface area contributed by atoms with Gasteiger partial charge >= 0.3 is 0 Å². The number of carbonyl (C=O) groups excluding carboxylic acids is 1. The highest BCUT2D eigenvalue weighted by Gasteiger charge is 2.29. The first-order valence-electron chi connectivity index (χ1n) is 6.16. The molecule has 1 aliphatic heterocycles. The van der Waals surface area contributed by atoms with Crippen molar-refractivity contribution in [3.05, 3.63) is 34.9 Å². The molecule has 1 fully saturated rings. The molecule has 1 aliphatic rings. The van der Waals surface area contributed by atoms with Crippen LogP contribution in [-0.4, -0.2) is 25.8 Å². The van der Waals surface area contributed by atoms with Gasteiger partial charge in [-0.05, 0) is 30.0 Å². The Kier molecular flexibility index (Phi) is 4.47. The lowest BCUT2D eigenvalue weighted by Crippen LogP contribution is -2.25.